The van der Waals surface area contributed by atoms with Gasteiger partial charge in [0.2, 0.25) is 0 Å². The number of thiophene rings is 1. The van der Waals surface area contributed by atoms with Gasteiger partial charge in [-0.2, -0.15) is 0 Å². The van der Waals surface area contributed by atoms with Gasteiger partial charge in [-0.3, -0.25) is 0 Å². The van der Waals surface area contributed by atoms with E-state index < -0.39 is 0 Å². The van der Waals surface area contributed by atoms with Crippen LogP contribution in [0.3, 0.4) is 0 Å². The quantitative estimate of drug-likeness (QED) is 0.623. The Morgan fingerprint density at radius 1 is 1.27 bits per heavy atom. The Morgan fingerprint density at radius 2 is 2.04 bits per heavy atom. The first-order valence-electron chi connectivity index (χ1n) is 9.43. The monoisotopic (exact) mass is 374 g/mol. The van der Waals surface area contributed by atoms with Crippen LogP contribution in [0.2, 0.25) is 0 Å². The number of rotatable bonds is 5. The molecule has 2 unspecified atom stereocenters. The Hall–Kier alpha value is -1.89. The van der Waals surface area contributed by atoms with Gasteiger partial charge in [0.15, 0.2) is 11.8 Å². The first-order chi connectivity index (χ1) is 12.5. The van der Waals surface area contributed by atoms with Crippen molar-refractivity contribution >= 4 is 17.3 Å². The summed E-state index contributed by atoms with van der Waals surface area (Å²) in [7, 11) is 1.98. The standard InChI is InChI=1S/C19H30N6S/c1-13-8-14(2)10-16(9-13)22-19(20-11-17-6-5-7-26-17)21-12-18-24-23-15(3)25(18)4/h5-7,13-14,16H,8-12H2,1-4H3,(H2,20,21,22). The van der Waals surface area contributed by atoms with Crippen LogP contribution in [-0.4, -0.2) is 26.8 Å². The summed E-state index contributed by atoms with van der Waals surface area (Å²) in [5.74, 6) is 4.18. The van der Waals surface area contributed by atoms with Gasteiger partial charge >= 0.3 is 0 Å². The van der Waals surface area contributed by atoms with Gasteiger partial charge in [-0.15, -0.1) is 21.5 Å². The van der Waals surface area contributed by atoms with Gasteiger partial charge in [0.1, 0.15) is 12.4 Å². The molecule has 2 N–H and O–H groups in total. The van der Waals surface area contributed by atoms with Gasteiger partial charge in [-0.1, -0.05) is 19.9 Å². The SMILES string of the molecule is Cc1nnc(CN=C(NCc2cccs2)NC2CC(C)CC(C)C2)n1C. The Balaban J connectivity index is 1.67. The van der Waals surface area contributed by atoms with Crippen molar-refractivity contribution in [3.63, 3.8) is 0 Å². The molecule has 0 bridgehead atoms. The van der Waals surface area contributed by atoms with Crippen LogP contribution in [0.5, 0.6) is 0 Å². The van der Waals surface area contributed by atoms with E-state index in [1.165, 1.54) is 24.1 Å². The van der Waals surface area contributed by atoms with Gasteiger partial charge in [-0.25, -0.2) is 4.99 Å². The van der Waals surface area contributed by atoms with Crippen LogP contribution in [-0.2, 0) is 20.1 Å². The van der Waals surface area contributed by atoms with Crippen molar-refractivity contribution in [3.05, 3.63) is 34.0 Å². The Kier molecular flexibility index (Phi) is 6.29. The Morgan fingerprint density at radius 3 is 2.65 bits per heavy atom. The predicted octanol–water partition coefficient (Wildman–Crippen LogP) is 3.25. The molecule has 7 heteroatoms. The molecule has 0 aromatic carbocycles. The third kappa shape index (κ3) is 5.06. The van der Waals surface area contributed by atoms with E-state index in [-0.39, 0.29) is 0 Å². The summed E-state index contributed by atoms with van der Waals surface area (Å²) in [4.78, 5) is 6.09. The predicted molar refractivity (Wildman–Crippen MR) is 107 cm³/mol. The summed E-state index contributed by atoms with van der Waals surface area (Å²) in [5.41, 5.74) is 0. The van der Waals surface area contributed by atoms with Gasteiger partial charge in [0.25, 0.3) is 0 Å². The average Bonchev–Trinajstić information content (AvgIpc) is 3.21. The van der Waals surface area contributed by atoms with E-state index in [2.05, 4.69) is 52.2 Å². The highest BCUT2D eigenvalue weighted by Gasteiger charge is 2.24. The van der Waals surface area contributed by atoms with E-state index in [0.717, 1.165) is 36.0 Å². The van der Waals surface area contributed by atoms with Crippen molar-refractivity contribution < 1.29 is 0 Å². The molecule has 0 radical (unpaired) electrons. The molecule has 2 aromatic rings. The minimum atomic E-state index is 0.476. The minimum absolute atomic E-state index is 0.476. The first kappa shape index (κ1) is 18.9. The third-order valence-electron chi connectivity index (χ3n) is 5.09. The second kappa shape index (κ2) is 8.66. The molecule has 2 heterocycles. The minimum Gasteiger partial charge on any atom is -0.354 e. The van der Waals surface area contributed by atoms with Crippen LogP contribution in [0.15, 0.2) is 22.5 Å². The number of guanidine groups is 1. The van der Waals surface area contributed by atoms with E-state index in [1.54, 1.807) is 11.3 Å². The zero-order valence-corrected chi connectivity index (χ0v) is 17.0. The summed E-state index contributed by atoms with van der Waals surface area (Å²) in [6.45, 7) is 7.97. The lowest BCUT2D eigenvalue weighted by Crippen LogP contribution is -2.46. The highest BCUT2D eigenvalue weighted by atomic mass is 32.1. The maximum absolute atomic E-state index is 4.79. The smallest absolute Gasteiger partial charge is 0.192 e. The first-order valence-corrected chi connectivity index (χ1v) is 10.3. The number of aromatic nitrogens is 3. The van der Waals surface area contributed by atoms with Crippen molar-refractivity contribution in [1.82, 2.24) is 25.4 Å². The van der Waals surface area contributed by atoms with Crippen LogP contribution in [0.4, 0.5) is 0 Å². The van der Waals surface area contributed by atoms with Crippen LogP contribution in [0.25, 0.3) is 0 Å². The zero-order chi connectivity index (χ0) is 18.5. The number of hydrogen-bond donors (Lipinski definition) is 2. The maximum atomic E-state index is 4.79. The van der Waals surface area contributed by atoms with Crippen molar-refractivity contribution in [2.75, 3.05) is 0 Å². The highest BCUT2D eigenvalue weighted by molar-refractivity contribution is 7.09. The fourth-order valence-electron chi connectivity index (χ4n) is 3.73. The third-order valence-corrected chi connectivity index (χ3v) is 5.97. The topological polar surface area (TPSA) is 67.1 Å². The van der Waals surface area contributed by atoms with Crippen LogP contribution >= 0.6 is 11.3 Å². The fraction of sp³-hybridized carbons (Fsp3) is 0.632. The van der Waals surface area contributed by atoms with Gasteiger partial charge in [0.05, 0.1) is 6.54 Å². The molecule has 142 valence electrons. The number of nitrogens with one attached hydrogen (secondary N) is 2. The lowest BCUT2D eigenvalue weighted by molar-refractivity contribution is 0.255. The molecule has 1 saturated carbocycles. The van der Waals surface area contributed by atoms with Gasteiger partial charge in [0, 0.05) is 18.0 Å². The summed E-state index contributed by atoms with van der Waals surface area (Å²) < 4.78 is 1.99. The Bertz CT molecular complexity index is 710. The number of aliphatic imine (C=N–C) groups is 1. The molecular weight excluding hydrogens is 344 g/mol. The number of hydrogen-bond acceptors (Lipinski definition) is 4. The molecule has 6 nitrogen and oxygen atoms in total. The molecule has 0 saturated heterocycles. The molecule has 2 aromatic heterocycles. The van der Waals surface area contributed by atoms with Crippen molar-refractivity contribution in [1.29, 1.82) is 0 Å². The van der Waals surface area contributed by atoms with E-state index in [9.17, 15) is 0 Å². The molecule has 0 spiro atoms. The van der Waals surface area contributed by atoms with Gasteiger partial charge < -0.3 is 15.2 Å². The molecule has 2 atom stereocenters. The van der Waals surface area contributed by atoms with E-state index in [0.29, 0.717) is 12.6 Å². The molecule has 1 aliphatic carbocycles. The summed E-state index contributed by atoms with van der Waals surface area (Å²) in [6.07, 6.45) is 3.73. The number of nitrogens with zero attached hydrogens (tertiary/aromatic N) is 4. The van der Waals surface area contributed by atoms with E-state index >= 15 is 0 Å². The molecule has 0 amide bonds. The summed E-state index contributed by atoms with van der Waals surface area (Å²) in [6, 6.07) is 4.70. The normalized spacial score (nSPS) is 23.8. The molecule has 1 aliphatic rings. The average molecular weight is 375 g/mol. The van der Waals surface area contributed by atoms with Crippen molar-refractivity contribution in [3.8, 4) is 0 Å². The molecule has 0 aliphatic heterocycles. The zero-order valence-electron chi connectivity index (χ0n) is 16.2. The van der Waals surface area contributed by atoms with Crippen molar-refractivity contribution in [2.45, 2.75) is 59.2 Å². The highest BCUT2D eigenvalue weighted by Crippen LogP contribution is 2.28. The molecular formula is C19H30N6S. The summed E-state index contributed by atoms with van der Waals surface area (Å²) >= 11 is 1.76. The van der Waals surface area contributed by atoms with Crippen molar-refractivity contribution in [2.24, 2.45) is 23.9 Å². The lowest BCUT2D eigenvalue weighted by Gasteiger charge is -2.33. The second-order valence-electron chi connectivity index (χ2n) is 7.58. The second-order valence-corrected chi connectivity index (χ2v) is 8.61. The Labute approximate surface area is 160 Å². The number of aryl methyl sites for hydroxylation is 1. The van der Waals surface area contributed by atoms with Crippen LogP contribution < -0.4 is 10.6 Å². The van der Waals surface area contributed by atoms with E-state index in [1.807, 2.05) is 18.5 Å². The van der Waals surface area contributed by atoms with Crippen LogP contribution in [0, 0.1) is 18.8 Å². The van der Waals surface area contributed by atoms with Gasteiger partial charge in [-0.05, 0) is 49.5 Å². The van der Waals surface area contributed by atoms with Crippen LogP contribution in [0.1, 0.15) is 49.6 Å². The molecule has 3 rings (SSSR count). The summed E-state index contributed by atoms with van der Waals surface area (Å²) in [5, 5.41) is 17.6. The fourth-order valence-corrected chi connectivity index (χ4v) is 4.38. The lowest BCUT2D eigenvalue weighted by atomic mass is 9.80. The molecule has 1 fully saturated rings. The molecule has 26 heavy (non-hydrogen) atoms. The van der Waals surface area contributed by atoms with E-state index in [4.69, 9.17) is 4.99 Å². The largest absolute Gasteiger partial charge is 0.354 e. The maximum Gasteiger partial charge on any atom is 0.192 e.